The van der Waals surface area contributed by atoms with Gasteiger partial charge in [-0.25, -0.2) is 9.87 Å². The van der Waals surface area contributed by atoms with Gasteiger partial charge in [0.05, 0.1) is 24.8 Å². The molecule has 0 radical (unpaired) electrons. The molecule has 0 fully saturated rings. The fourth-order valence-electron chi connectivity index (χ4n) is 1.49. The molecule has 0 aliphatic heterocycles. The van der Waals surface area contributed by atoms with Crippen LogP contribution in [0.1, 0.15) is 12.1 Å². The lowest BCUT2D eigenvalue weighted by Gasteiger charge is -2.00. The van der Waals surface area contributed by atoms with E-state index in [0.29, 0.717) is 12.8 Å². The van der Waals surface area contributed by atoms with Crippen molar-refractivity contribution in [3.05, 3.63) is 35.3 Å². The highest BCUT2D eigenvalue weighted by atomic mass is 32.2. The van der Waals surface area contributed by atoms with Crippen LogP contribution in [0.3, 0.4) is 0 Å². The molecule has 4 nitrogen and oxygen atoms in total. The summed E-state index contributed by atoms with van der Waals surface area (Å²) in [4.78, 5) is 20.3. The average Bonchev–Trinajstić information content (AvgIpc) is 2.92. The summed E-state index contributed by atoms with van der Waals surface area (Å²) in [5.74, 6) is 0. The lowest BCUT2D eigenvalue weighted by atomic mass is 10.2. The summed E-state index contributed by atoms with van der Waals surface area (Å²) >= 11 is 2.75. The standard InChI is InChI=1S/C13H13NO3S2/c1-16-17-19-12-6-4-10(5-7-12)13-14-11(9-18-13)3-2-8-15/h4-9H,2-3H2,1H3. The van der Waals surface area contributed by atoms with Crippen molar-refractivity contribution in [2.45, 2.75) is 17.7 Å². The predicted molar refractivity (Wildman–Crippen MR) is 75.9 cm³/mol. The van der Waals surface area contributed by atoms with E-state index in [1.165, 1.54) is 7.11 Å². The highest BCUT2D eigenvalue weighted by Gasteiger charge is 2.05. The highest BCUT2D eigenvalue weighted by molar-refractivity contribution is 7.94. The molecule has 1 heterocycles. The van der Waals surface area contributed by atoms with Gasteiger partial charge < -0.3 is 4.79 Å². The lowest BCUT2D eigenvalue weighted by molar-refractivity contribution is -0.160. The first-order valence-electron chi connectivity index (χ1n) is 5.69. The van der Waals surface area contributed by atoms with Crippen LogP contribution in [-0.2, 0) is 20.4 Å². The summed E-state index contributed by atoms with van der Waals surface area (Å²) in [6.07, 6.45) is 2.14. The molecule has 0 spiro atoms. The monoisotopic (exact) mass is 295 g/mol. The third-order valence-corrected chi connectivity index (χ3v) is 3.98. The number of hydrogen-bond acceptors (Lipinski definition) is 6. The maximum absolute atomic E-state index is 10.3. The fourth-order valence-corrected chi connectivity index (χ4v) is 2.74. The molecule has 100 valence electrons. The number of rotatable bonds is 7. The molecule has 1 aromatic carbocycles. The van der Waals surface area contributed by atoms with E-state index in [-0.39, 0.29) is 0 Å². The molecule has 0 atom stereocenters. The maximum atomic E-state index is 10.3. The Morgan fingerprint density at radius 2 is 2.16 bits per heavy atom. The zero-order valence-corrected chi connectivity index (χ0v) is 12.0. The van der Waals surface area contributed by atoms with Crippen molar-refractivity contribution in [2.24, 2.45) is 0 Å². The van der Waals surface area contributed by atoms with Crippen molar-refractivity contribution in [1.82, 2.24) is 4.98 Å². The fraction of sp³-hybridized carbons (Fsp3) is 0.231. The van der Waals surface area contributed by atoms with Crippen LogP contribution in [0, 0.1) is 0 Å². The Morgan fingerprint density at radius 1 is 1.37 bits per heavy atom. The molecule has 19 heavy (non-hydrogen) atoms. The predicted octanol–water partition coefficient (Wildman–Crippen LogP) is 3.53. The van der Waals surface area contributed by atoms with Gasteiger partial charge in [-0.1, -0.05) is 12.1 Å². The largest absolute Gasteiger partial charge is 0.303 e. The third kappa shape index (κ3) is 4.14. The van der Waals surface area contributed by atoms with Gasteiger partial charge in [0.25, 0.3) is 0 Å². The SMILES string of the molecule is COOSc1ccc(-c2nc(CCC=O)cs2)cc1. The Labute approximate surface area is 119 Å². The van der Waals surface area contributed by atoms with E-state index < -0.39 is 0 Å². The van der Waals surface area contributed by atoms with Crippen molar-refractivity contribution < 1.29 is 14.0 Å². The van der Waals surface area contributed by atoms with E-state index in [1.54, 1.807) is 11.3 Å². The molecule has 0 saturated heterocycles. The van der Waals surface area contributed by atoms with E-state index >= 15 is 0 Å². The number of carbonyl (C=O) groups is 1. The Hall–Kier alpha value is -1.21. The number of carbonyl (C=O) groups excluding carboxylic acids is 1. The van der Waals surface area contributed by atoms with Crippen molar-refractivity contribution >= 4 is 29.7 Å². The van der Waals surface area contributed by atoms with Gasteiger partial charge >= 0.3 is 0 Å². The first-order valence-corrected chi connectivity index (χ1v) is 7.31. The number of nitrogens with zero attached hydrogens (tertiary/aromatic N) is 1. The summed E-state index contributed by atoms with van der Waals surface area (Å²) in [6, 6.07) is 7.88. The first kappa shape index (κ1) is 14.2. The van der Waals surface area contributed by atoms with Crippen LogP contribution in [0.15, 0.2) is 34.5 Å². The Balaban J connectivity index is 2.04. The molecule has 2 aromatic rings. The lowest BCUT2D eigenvalue weighted by Crippen LogP contribution is -1.86. The maximum Gasteiger partial charge on any atom is 0.123 e. The smallest absolute Gasteiger partial charge is 0.123 e. The van der Waals surface area contributed by atoms with Crippen LogP contribution in [0.25, 0.3) is 10.6 Å². The molecule has 0 N–H and O–H groups in total. The summed E-state index contributed by atoms with van der Waals surface area (Å²) in [5.41, 5.74) is 2.03. The van der Waals surface area contributed by atoms with E-state index in [2.05, 4.69) is 9.87 Å². The number of aryl methyl sites for hydroxylation is 1. The van der Waals surface area contributed by atoms with E-state index in [1.807, 2.05) is 29.6 Å². The van der Waals surface area contributed by atoms with Gasteiger partial charge in [0, 0.05) is 22.3 Å². The minimum absolute atomic E-state index is 0.521. The summed E-state index contributed by atoms with van der Waals surface area (Å²) in [5, 5.41) is 2.96. The second kappa shape index (κ2) is 7.40. The summed E-state index contributed by atoms with van der Waals surface area (Å²) < 4.78 is 4.78. The molecule has 2 rings (SSSR count). The normalized spacial score (nSPS) is 10.6. The van der Waals surface area contributed by atoms with Crippen LogP contribution >= 0.6 is 23.4 Å². The molecule has 0 aliphatic rings. The quantitative estimate of drug-likeness (QED) is 0.338. The topological polar surface area (TPSA) is 48.4 Å². The molecule has 0 unspecified atom stereocenters. The molecule has 6 heteroatoms. The number of hydrogen-bond donors (Lipinski definition) is 0. The molecular weight excluding hydrogens is 282 g/mol. The van der Waals surface area contributed by atoms with Crippen molar-refractivity contribution in [3.63, 3.8) is 0 Å². The van der Waals surface area contributed by atoms with Gasteiger partial charge in [0.1, 0.15) is 11.3 Å². The average molecular weight is 295 g/mol. The molecular formula is C13H13NO3S2. The number of aldehydes is 1. The van der Waals surface area contributed by atoms with Gasteiger partial charge in [0.15, 0.2) is 0 Å². The minimum atomic E-state index is 0.521. The Morgan fingerprint density at radius 3 is 2.84 bits per heavy atom. The summed E-state index contributed by atoms with van der Waals surface area (Å²) in [7, 11) is 1.47. The third-order valence-electron chi connectivity index (χ3n) is 2.37. The van der Waals surface area contributed by atoms with Crippen molar-refractivity contribution in [2.75, 3.05) is 7.11 Å². The zero-order valence-electron chi connectivity index (χ0n) is 10.4. The summed E-state index contributed by atoms with van der Waals surface area (Å²) in [6.45, 7) is 0. The van der Waals surface area contributed by atoms with Gasteiger partial charge in [-0.05, 0) is 18.6 Å². The van der Waals surface area contributed by atoms with Crippen LogP contribution in [-0.4, -0.2) is 18.4 Å². The molecule has 0 amide bonds. The molecule has 1 aromatic heterocycles. The Bertz CT molecular complexity index is 525. The van der Waals surface area contributed by atoms with Gasteiger partial charge in [-0.2, -0.15) is 4.33 Å². The molecule has 0 saturated carbocycles. The zero-order chi connectivity index (χ0) is 13.5. The molecule has 0 bridgehead atoms. The highest BCUT2D eigenvalue weighted by Crippen LogP contribution is 2.27. The Kier molecular flexibility index (Phi) is 5.53. The van der Waals surface area contributed by atoms with Crippen LogP contribution in [0.2, 0.25) is 0 Å². The van der Waals surface area contributed by atoms with E-state index in [0.717, 1.165) is 39.5 Å². The van der Waals surface area contributed by atoms with Crippen LogP contribution in [0.5, 0.6) is 0 Å². The van der Waals surface area contributed by atoms with Crippen LogP contribution in [0.4, 0.5) is 0 Å². The number of benzene rings is 1. The van der Waals surface area contributed by atoms with E-state index in [4.69, 9.17) is 4.33 Å². The van der Waals surface area contributed by atoms with E-state index in [9.17, 15) is 4.79 Å². The number of aromatic nitrogens is 1. The van der Waals surface area contributed by atoms with Crippen molar-refractivity contribution in [1.29, 1.82) is 0 Å². The number of thiazole rings is 1. The van der Waals surface area contributed by atoms with Gasteiger partial charge in [-0.15, -0.1) is 11.3 Å². The second-order valence-electron chi connectivity index (χ2n) is 3.69. The second-order valence-corrected chi connectivity index (χ2v) is 5.32. The van der Waals surface area contributed by atoms with Crippen LogP contribution < -0.4 is 0 Å². The first-order chi connectivity index (χ1) is 9.33. The van der Waals surface area contributed by atoms with Gasteiger partial charge in [-0.3, -0.25) is 0 Å². The minimum Gasteiger partial charge on any atom is -0.303 e. The van der Waals surface area contributed by atoms with Crippen molar-refractivity contribution in [3.8, 4) is 10.6 Å². The van der Waals surface area contributed by atoms with Gasteiger partial charge in [0.2, 0.25) is 0 Å². The molecule has 0 aliphatic carbocycles.